The van der Waals surface area contributed by atoms with Crippen molar-refractivity contribution in [1.29, 1.82) is 0 Å². The van der Waals surface area contributed by atoms with Crippen LogP contribution in [0.25, 0.3) is 11.1 Å². The summed E-state index contributed by atoms with van der Waals surface area (Å²) in [6.07, 6.45) is -5.31. The third-order valence-corrected chi connectivity index (χ3v) is 4.39. The molecule has 7 heteroatoms. The maximum atomic E-state index is 13.6. The quantitative estimate of drug-likeness (QED) is 0.831. The molecule has 3 nitrogen and oxygen atoms in total. The van der Waals surface area contributed by atoms with E-state index in [1.54, 1.807) is 24.3 Å². The fraction of sp³-hybridized carbons (Fsp3) is 0.368. The third-order valence-electron chi connectivity index (χ3n) is 4.39. The van der Waals surface area contributed by atoms with Crippen molar-refractivity contribution >= 4 is 0 Å². The summed E-state index contributed by atoms with van der Waals surface area (Å²) in [4.78, 5) is 2.09. The first-order valence-electron chi connectivity index (χ1n) is 8.29. The number of nitrogens with zero attached hydrogens (tertiary/aromatic N) is 1. The van der Waals surface area contributed by atoms with Gasteiger partial charge in [0.15, 0.2) is 0 Å². The van der Waals surface area contributed by atoms with E-state index in [1.807, 2.05) is 0 Å². The molecular weight excluding hydrogens is 350 g/mol. The predicted octanol–water partition coefficient (Wildman–Crippen LogP) is 3.88. The Morgan fingerprint density at radius 1 is 1.00 bits per heavy atom. The summed E-state index contributed by atoms with van der Waals surface area (Å²) < 4.78 is 57.3. The lowest BCUT2D eigenvalue weighted by Gasteiger charge is -2.28. The average molecular weight is 369 g/mol. The molecule has 1 heterocycles. The van der Waals surface area contributed by atoms with E-state index in [-0.39, 0.29) is 5.56 Å². The summed E-state index contributed by atoms with van der Waals surface area (Å²) in [5.41, 5.74) is 0.237. The molecule has 2 aromatic carbocycles. The largest absolute Gasteiger partial charge is 0.416 e. The fourth-order valence-corrected chi connectivity index (χ4v) is 2.95. The summed E-state index contributed by atoms with van der Waals surface area (Å²) in [5, 5.41) is 10.3. The Bertz CT molecular complexity index is 740. The number of hydrogen-bond acceptors (Lipinski definition) is 3. The maximum Gasteiger partial charge on any atom is 0.416 e. The zero-order chi connectivity index (χ0) is 18.7. The van der Waals surface area contributed by atoms with Gasteiger partial charge in [-0.15, -0.1) is 0 Å². The van der Waals surface area contributed by atoms with Crippen LogP contribution in [0.15, 0.2) is 42.5 Å². The maximum absolute atomic E-state index is 13.6. The van der Waals surface area contributed by atoms with Crippen LogP contribution < -0.4 is 0 Å². The van der Waals surface area contributed by atoms with Crippen LogP contribution in [-0.4, -0.2) is 42.9 Å². The highest BCUT2D eigenvalue weighted by Gasteiger charge is 2.31. The van der Waals surface area contributed by atoms with Crippen molar-refractivity contribution in [3.8, 4) is 11.1 Å². The molecule has 1 N–H and O–H groups in total. The number of alkyl halides is 3. The molecule has 0 bridgehead atoms. The van der Waals surface area contributed by atoms with Crippen LogP contribution in [0, 0.1) is 5.82 Å². The normalized spacial score (nSPS) is 17.3. The van der Waals surface area contributed by atoms with Gasteiger partial charge >= 0.3 is 6.18 Å². The van der Waals surface area contributed by atoms with E-state index < -0.39 is 23.7 Å². The number of aliphatic hydroxyl groups excluding tert-OH is 1. The molecule has 2 aromatic rings. The van der Waals surface area contributed by atoms with E-state index in [0.717, 1.165) is 25.2 Å². The van der Waals surface area contributed by atoms with Gasteiger partial charge in [0, 0.05) is 19.6 Å². The number of ether oxygens (including phenoxy) is 1. The van der Waals surface area contributed by atoms with E-state index in [9.17, 15) is 22.7 Å². The van der Waals surface area contributed by atoms with Gasteiger partial charge in [-0.1, -0.05) is 24.3 Å². The molecule has 0 aromatic heterocycles. The molecule has 0 saturated carbocycles. The molecule has 0 amide bonds. The molecule has 1 aliphatic heterocycles. The minimum atomic E-state index is -4.61. The SMILES string of the molecule is O[C@@H](CN1CCOCC1)c1ccc(-c2cc(F)cc(C(F)(F)F)c2)cc1. The summed E-state index contributed by atoms with van der Waals surface area (Å²) in [7, 11) is 0. The second-order valence-corrected chi connectivity index (χ2v) is 6.28. The van der Waals surface area contributed by atoms with Crippen LogP contribution in [0.5, 0.6) is 0 Å². The molecule has 0 radical (unpaired) electrons. The first-order chi connectivity index (χ1) is 12.3. The van der Waals surface area contributed by atoms with Gasteiger partial charge in [-0.3, -0.25) is 4.90 Å². The van der Waals surface area contributed by atoms with Crippen LogP contribution in [0.2, 0.25) is 0 Å². The van der Waals surface area contributed by atoms with Crippen LogP contribution in [0.1, 0.15) is 17.2 Å². The van der Waals surface area contributed by atoms with Crippen LogP contribution in [-0.2, 0) is 10.9 Å². The van der Waals surface area contributed by atoms with Gasteiger partial charge in [0.2, 0.25) is 0 Å². The Morgan fingerprint density at radius 3 is 2.27 bits per heavy atom. The van der Waals surface area contributed by atoms with Crippen molar-refractivity contribution in [2.45, 2.75) is 12.3 Å². The molecule has 1 atom stereocenters. The summed E-state index contributed by atoms with van der Waals surface area (Å²) >= 11 is 0. The molecule has 0 spiro atoms. The molecule has 1 fully saturated rings. The van der Waals surface area contributed by atoms with Crippen molar-refractivity contribution in [3.63, 3.8) is 0 Å². The number of rotatable bonds is 4. The van der Waals surface area contributed by atoms with Crippen molar-refractivity contribution in [2.24, 2.45) is 0 Å². The van der Waals surface area contributed by atoms with Crippen LogP contribution >= 0.6 is 0 Å². The standard InChI is InChI=1S/C19H19F4NO2/c20-17-10-15(9-16(11-17)19(21,22)23)13-1-3-14(4-2-13)18(25)12-24-5-7-26-8-6-24/h1-4,9-11,18,25H,5-8,12H2/t18-/m0/s1. The smallest absolute Gasteiger partial charge is 0.387 e. The zero-order valence-electron chi connectivity index (χ0n) is 14.0. The van der Waals surface area contributed by atoms with Crippen molar-refractivity contribution in [2.75, 3.05) is 32.8 Å². The third kappa shape index (κ3) is 4.60. The van der Waals surface area contributed by atoms with Crippen LogP contribution in [0.3, 0.4) is 0 Å². The van der Waals surface area contributed by atoms with Crippen molar-refractivity contribution in [1.82, 2.24) is 4.90 Å². The Kier molecular flexibility index (Phi) is 5.60. The first-order valence-corrected chi connectivity index (χ1v) is 8.29. The minimum absolute atomic E-state index is 0.145. The topological polar surface area (TPSA) is 32.7 Å². The van der Waals surface area contributed by atoms with E-state index in [4.69, 9.17) is 4.74 Å². The second-order valence-electron chi connectivity index (χ2n) is 6.28. The van der Waals surface area contributed by atoms with Gasteiger partial charge in [-0.25, -0.2) is 4.39 Å². The average Bonchev–Trinajstić information content (AvgIpc) is 2.61. The highest BCUT2D eigenvalue weighted by molar-refractivity contribution is 5.65. The van der Waals surface area contributed by atoms with Gasteiger partial charge < -0.3 is 9.84 Å². The Labute approximate surface area is 148 Å². The number of hydrogen-bond donors (Lipinski definition) is 1. The number of benzene rings is 2. The van der Waals surface area contributed by atoms with E-state index in [2.05, 4.69) is 4.90 Å². The molecule has 140 valence electrons. The molecule has 26 heavy (non-hydrogen) atoms. The Balaban J connectivity index is 1.76. The highest BCUT2D eigenvalue weighted by atomic mass is 19.4. The number of halogens is 4. The molecule has 0 aliphatic carbocycles. The van der Waals surface area contributed by atoms with Gasteiger partial charge in [-0.2, -0.15) is 13.2 Å². The van der Waals surface area contributed by atoms with E-state index in [1.165, 1.54) is 0 Å². The van der Waals surface area contributed by atoms with E-state index >= 15 is 0 Å². The highest BCUT2D eigenvalue weighted by Crippen LogP contribution is 2.33. The molecule has 3 rings (SSSR count). The van der Waals surface area contributed by atoms with E-state index in [0.29, 0.717) is 37.0 Å². The van der Waals surface area contributed by atoms with Gasteiger partial charge in [0.25, 0.3) is 0 Å². The summed E-state index contributed by atoms with van der Waals surface area (Å²) in [6.45, 7) is 3.22. The van der Waals surface area contributed by atoms with Gasteiger partial charge in [0.1, 0.15) is 5.82 Å². The van der Waals surface area contributed by atoms with Gasteiger partial charge in [-0.05, 0) is 34.9 Å². The van der Waals surface area contributed by atoms with Crippen molar-refractivity contribution < 1.29 is 27.4 Å². The lowest BCUT2D eigenvalue weighted by Crippen LogP contribution is -2.38. The number of aliphatic hydroxyl groups is 1. The second kappa shape index (κ2) is 7.73. The molecule has 1 aliphatic rings. The van der Waals surface area contributed by atoms with Crippen molar-refractivity contribution in [3.05, 3.63) is 59.4 Å². The molecular formula is C19H19F4NO2. The Morgan fingerprint density at radius 2 is 1.65 bits per heavy atom. The first kappa shape index (κ1) is 18.8. The number of β-amino-alcohol motifs (C(OH)–C–C–N with tert-alkyl or cyclic N) is 1. The predicted molar refractivity (Wildman–Crippen MR) is 89.1 cm³/mol. The Hall–Kier alpha value is -1.96. The fourth-order valence-electron chi connectivity index (χ4n) is 2.95. The lowest BCUT2D eigenvalue weighted by atomic mass is 9.99. The zero-order valence-corrected chi connectivity index (χ0v) is 14.0. The summed E-state index contributed by atoms with van der Waals surface area (Å²) in [5.74, 6) is -0.939. The molecule has 0 unspecified atom stereocenters. The monoisotopic (exact) mass is 369 g/mol. The van der Waals surface area contributed by atoms with Gasteiger partial charge in [0.05, 0.1) is 24.9 Å². The summed E-state index contributed by atoms with van der Waals surface area (Å²) in [6, 6.07) is 8.94. The van der Waals surface area contributed by atoms with Crippen LogP contribution in [0.4, 0.5) is 17.6 Å². The number of morpholine rings is 1. The minimum Gasteiger partial charge on any atom is -0.387 e. The lowest BCUT2D eigenvalue weighted by molar-refractivity contribution is -0.137. The molecule has 1 saturated heterocycles.